The van der Waals surface area contributed by atoms with Crippen molar-refractivity contribution in [2.75, 3.05) is 32.9 Å². The number of amides is 1. The number of likely N-dealkylation sites (tertiary alicyclic amines) is 1. The van der Waals surface area contributed by atoms with E-state index >= 15 is 0 Å². The average Bonchev–Trinajstić information content (AvgIpc) is 3.19. The minimum Gasteiger partial charge on any atom is -0.376 e. The molecule has 0 aromatic carbocycles. The lowest BCUT2D eigenvalue weighted by atomic mass is 10.1. The molecule has 1 atom stereocenters. The monoisotopic (exact) mass is 307 g/mol. The van der Waals surface area contributed by atoms with Crippen LogP contribution in [0.2, 0.25) is 0 Å². The predicted molar refractivity (Wildman–Crippen MR) is 81.6 cm³/mol. The Labute approximate surface area is 131 Å². The van der Waals surface area contributed by atoms with E-state index in [-0.39, 0.29) is 18.6 Å². The molecule has 6 heteroatoms. The zero-order chi connectivity index (χ0) is 15.4. The van der Waals surface area contributed by atoms with E-state index < -0.39 is 0 Å². The second-order valence-corrected chi connectivity index (χ2v) is 6.26. The first-order chi connectivity index (χ1) is 10.7. The highest BCUT2D eigenvalue weighted by molar-refractivity contribution is 5.77. The summed E-state index contributed by atoms with van der Waals surface area (Å²) < 4.78 is 13.0. The number of hydrogen-bond donors (Lipinski definition) is 0. The average molecular weight is 307 g/mol. The Morgan fingerprint density at radius 2 is 2.23 bits per heavy atom. The van der Waals surface area contributed by atoms with Crippen molar-refractivity contribution in [3.8, 4) is 0 Å². The van der Waals surface area contributed by atoms with Crippen molar-refractivity contribution in [3.05, 3.63) is 18.0 Å². The quantitative estimate of drug-likeness (QED) is 0.828. The molecule has 1 amide bonds. The van der Waals surface area contributed by atoms with Crippen molar-refractivity contribution in [1.82, 2.24) is 14.7 Å². The van der Waals surface area contributed by atoms with Gasteiger partial charge in [-0.15, -0.1) is 0 Å². The van der Waals surface area contributed by atoms with Gasteiger partial charge in [-0.25, -0.2) is 0 Å². The maximum atomic E-state index is 12.2. The third-order valence-corrected chi connectivity index (χ3v) is 4.48. The van der Waals surface area contributed by atoms with E-state index in [1.54, 1.807) is 0 Å². The van der Waals surface area contributed by atoms with E-state index in [4.69, 9.17) is 9.47 Å². The van der Waals surface area contributed by atoms with Gasteiger partial charge in [0, 0.05) is 25.9 Å². The number of carbonyl (C=O) groups excluding carboxylic acids is 1. The van der Waals surface area contributed by atoms with Crippen LogP contribution in [0.5, 0.6) is 0 Å². The summed E-state index contributed by atoms with van der Waals surface area (Å²) in [7, 11) is 0. The maximum absolute atomic E-state index is 12.2. The molecule has 0 aliphatic carbocycles. The van der Waals surface area contributed by atoms with Crippen LogP contribution in [0.4, 0.5) is 0 Å². The highest BCUT2D eigenvalue weighted by atomic mass is 16.5. The molecule has 0 bridgehead atoms. The second-order valence-electron chi connectivity index (χ2n) is 6.26. The van der Waals surface area contributed by atoms with Crippen molar-refractivity contribution in [3.63, 3.8) is 0 Å². The van der Waals surface area contributed by atoms with Crippen molar-refractivity contribution >= 4 is 5.91 Å². The largest absolute Gasteiger partial charge is 0.376 e. The van der Waals surface area contributed by atoms with Gasteiger partial charge in [-0.3, -0.25) is 9.48 Å². The summed E-state index contributed by atoms with van der Waals surface area (Å²) >= 11 is 0. The fourth-order valence-corrected chi connectivity index (χ4v) is 3.16. The molecule has 3 heterocycles. The van der Waals surface area contributed by atoms with Gasteiger partial charge in [-0.2, -0.15) is 5.10 Å². The maximum Gasteiger partial charge on any atom is 0.248 e. The summed E-state index contributed by atoms with van der Waals surface area (Å²) in [4.78, 5) is 14.1. The highest BCUT2D eigenvalue weighted by Gasteiger charge is 2.24. The molecule has 1 aromatic rings. The topological polar surface area (TPSA) is 56.6 Å². The third kappa shape index (κ3) is 3.87. The molecule has 2 saturated heterocycles. The van der Waals surface area contributed by atoms with Gasteiger partial charge in [-0.05, 0) is 38.2 Å². The number of piperidine rings is 1. The van der Waals surface area contributed by atoms with Gasteiger partial charge in [0.2, 0.25) is 5.91 Å². The Hall–Kier alpha value is -1.40. The van der Waals surface area contributed by atoms with Crippen molar-refractivity contribution in [2.45, 2.75) is 44.8 Å². The Bertz CT molecular complexity index is 489. The standard InChI is InChI=1S/C16H25N3O3/c1-13-9-17-19(10-13)14-4-6-18(7-5-14)16(20)12-21-11-15-3-2-8-22-15/h9-10,14-15H,2-8,11-12H2,1H3/t15-/m1/s1. The Morgan fingerprint density at radius 1 is 1.41 bits per heavy atom. The molecule has 0 saturated carbocycles. The molecule has 2 fully saturated rings. The Kier molecular flexibility index (Phi) is 5.10. The predicted octanol–water partition coefficient (Wildman–Crippen LogP) is 1.55. The van der Waals surface area contributed by atoms with Gasteiger partial charge in [0.05, 0.1) is 24.9 Å². The van der Waals surface area contributed by atoms with Crippen molar-refractivity contribution in [1.29, 1.82) is 0 Å². The van der Waals surface area contributed by atoms with Crippen LogP contribution >= 0.6 is 0 Å². The van der Waals surface area contributed by atoms with Gasteiger partial charge in [-0.1, -0.05) is 0 Å². The summed E-state index contributed by atoms with van der Waals surface area (Å²) in [5.74, 6) is 0.0908. The molecule has 2 aliphatic rings. The number of hydrogen-bond acceptors (Lipinski definition) is 4. The van der Waals surface area contributed by atoms with Crippen molar-refractivity contribution < 1.29 is 14.3 Å². The molecule has 0 unspecified atom stereocenters. The molecule has 6 nitrogen and oxygen atoms in total. The zero-order valence-corrected chi connectivity index (χ0v) is 13.2. The number of ether oxygens (including phenoxy) is 2. The van der Waals surface area contributed by atoms with Crippen LogP contribution in [0, 0.1) is 6.92 Å². The first-order valence-electron chi connectivity index (χ1n) is 8.20. The van der Waals surface area contributed by atoms with Crippen LogP contribution in [0.25, 0.3) is 0 Å². The van der Waals surface area contributed by atoms with Gasteiger partial charge in [0.25, 0.3) is 0 Å². The highest BCUT2D eigenvalue weighted by Crippen LogP contribution is 2.22. The minimum absolute atomic E-state index is 0.0908. The van der Waals surface area contributed by atoms with E-state index in [0.717, 1.165) is 45.4 Å². The minimum atomic E-state index is 0.0908. The smallest absolute Gasteiger partial charge is 0.248 e. The van der Waals surface area contributed by atoms with Gasteiger partial charge >= 0.3 is 0 Å². The number of aromatic nitrogens is 2. The lowest BCUT2D eigenvalue weighted by Gasteiger charge is -2.32. The van der Waals surface area contributed by atoms with E-state index in [0.29, 0.717) is 12.6 Å². The third-order valence-electron chi connectivity index (χ3n) is 4.48. The Balaban J connectivity index is 1.38. The number of rotatable bonds is 5. The molecule has 2 aliphatic heterocycles. The van der Waals surface area contributed by atoms with Crippen LogP contribution in [-0.4, -0.2) is 59.6 Å². The molecule has 0 spiro atoms. The van der Waals surface area contributed by atoms with Crippen LogP contribution in [0.1, 0.15) is 37.3 Å². The van der Waals surface area contributed by atoms with Crippen LogP contribution in [0.3, 0.4) is 0 Å². The molecule has 3 rings (SSSR count). The summed E-state index contributed by atoms with van der Waals surface area (Å²) in [5.41, 5.74) is 1.18. The van der Waals surface area contributed by atoms with Crippen LogP contribution in [-0.2, 0) is 14.3 Å². The first-order valence-corrected chi connectivity index (χ1v) is 8.20. The lowest BCUT2D eigenvalue weighted by Crippen LogP contribution is -2.41. The number of carbonyl (C=O) groups is 1. The number of nitrogens with zero attached hydrogens (tertiary/aromatic N) is 3. The van der Waals surface area contributed by atoms with E-state index in [1.807, 2.05) is 22.7 Å². The lowest BCUT2D eigenvalue weighted by molar-refractivity contribution is -0.138. The SMILES string of the molecule is Cc1cnn(C2CCN(C(=O)COC[C@H]3CCCO3)CC2)c1. The molecule has 0 N–H and O–H groups in total. The normalized spacial score (nSPS) is 23.1. The molecular weight excluding hydrogens is 282 g/mol. The zero-order valence-electron chi connectivity index (χ0n) is 13.2. The van der Waals surface area contributed by atoms with Gasteiger partial charge in [0.15, 0.2) is 0 Å². The van der Waals surface area contributed by atoms with E-state index in [2.05, 4.69) is 11.3 Å². The fourth-order valence-electron chi connectivity index (χ4n) is 3.16. The van der Waals surface area contributed by atoms with E-state index in [9.17, 15) is 4.79 Å². The Morgan fingerprint density at radius 3 is 2.86 bits per heavy atom. The summed E-state index contributed by atoms with van der Waals surface area (Å²) in [5, 5.41) is 4.38. The molecule has 122 valence electrons. The summed E-state index contributed by atoms with van der Waals surface area (Å²) in [6, 6.07) is 0.408. The van der Waals surface area contributed by atoms with Crippen LogP contribution < -0.4 is 0 Å². The fraction of sp³-hybridized carbons (Fsp3) is 0.750. The summed E-state index contributed by atoms with van der Waals surface area (Å²) in [6.45, 7) is 5.15. The first kappa shape index (κ1) is 15.5. The van der Waals surface area contributed by atoms with Gasteiger partial charge < -0.3 is 14.4 Å². The van der Waals surface area contributed by atoms with Crippen molar-refractivity contribution in [2.24, 2.45) is 0 Å². The number of aryl methyl sites for hydroxylation is 1. The molecular formula is C16H25N3O3. The molecule has 0 radical (unpaired) electrons. The van der Waals surface area contributed by atoms with Crippen LogP contribution in [0.15, 0.2) is 12.4 Å². The molecule has 1 aromatic heterocycles. The second kappa shape index (κ2) is 7.24. The molecule has 22 heavy (non-hydrogen) atoms. The van der Waals surface area contributed by atoms with E-state index in [1.165, 1.54) is 5.56 Å². The van der Waals surface area contributed by atoms with Gasteiger partial charge in [0.1, 0.15) is 6.61 Å². The summed E-state index contributed by atoms with van der Waals surface area (Å²) in [6.07, 6.45) is 8.20.